The standard InChI is InChI=1S/C18H19N2O6P/c1-19-9-2-10-24-27(19)25-13-15-5-8-17(20(22)23)18(11-15)26-16-6-3-14(12-21)4-7-16/h3-8,11-12H,2,9-10,13H2,1H3. The van der Waals surface area contributed by atoms with Gasteiger partial charge < -0.3 is 13.8 Å². The van der Waals surface area contributed by atoms with Gasteiger partial charge in [0, 0.05) is 18.2 Å². The van der Waals surface area contributed by atoms with Gasteiger partial charge in [-0.1, -0.05) is 0 Å². The zero-order chi connectivity index (χ0) is 19.2. The van der Waals surface area contributed by atoms with E-state index in [2.05, 4.69) is 0 Å². The van der Waals surface area contributed by atoms with Gasteiger partial charge in [-0.2, -0.15) is 0 Å². The van der Waals surface area contributed by atoms with E-state index in [1.807, 2.05) is 11.7 Å². The maximum Gasteiger partial charge on any atom is 0.311 e. The van der Waals surface area contributed by atoms with Crippen molar-refractivity contribution in [2.24, 2.45) is 0 Å². The monoisotopic (exact) mass is 390 g/mol. The Balaban J connectivity index is 1.75. The van der Waals surface area contributed by atoms with E-state index >= 15 is 0 Å². The van der Waals surface area contributed by atoms with Gasteiger partial charge >= 0.3 is 5.69 Å². The number of hydrogen-bond donors (Lipinski definition) is 0. The van der Waals surface area contributed by atoms with Crippen LogP contribution in [0.4, 0.5) is 5.69 Å². The van der Waals surface area contributed by atoms with Gasteiger partial charge in [-0.05, 0) is 55.4 Å². The van der Waals surface area contributed by atoms with Crippen molar-refractivity contribution in [2.75, 3.05) is 20.2 Å². The molecule has 0 spiro atoms. The third-order valence-electron chi connectivity index (χ3n) is 3.91. The maximum atomic E-state index is 11.3. The molecule has 1 atom stereocenters. The highest BCUT2D eigenvalue weighted by atomic mass is 31.2. The van der Waals surface area contributed by atoms with E-state index in [0.717, 1.165) is 24.8 Å². The van der Waals surface area contributed by atoms with Crippen molar-refractivity contribution in [1.82, 2.24) is 4.67 Å². The Bertz CT molecular complexity index is 814. The molecule has 9 heteroatoms. The molecule has 0 amide bonds. The van der Waals surface area contributed by atoms with Crippen molar-refractivity contribution in [3.8, 4) is 11.5 Å². The summed E-state index contributed by atoms with van der Waals surface area (Å²) in [7, 11) is 0.828. The lowest BCUT2D eigenvalue weighted by Gasteiger charge is -2.30. The fraction of sp³-hybridized carbons (Fsp3) is 0.278. The summed E-state index contributed by atoms with van der Waals surface area (Å²) in [6.45, 7) is 1.84. The van der Waals surface area contributed by atoms with Crippen molar-refractivity contribution < 1.29 is 23.5 Å². The van der Waals surface area contributed by atoms with E-state index in [9.17, 15) is 14.9 Å². The molecule has 0 radical (unpaired) electrons. The lowest BCUT2D eigenvalue weighted by molar-refractivity contribution is -0.385. The Hall–Kier alpha value is -2.38. The first kappa shape index (κ1) is 19.4. The highest BCUT2D eigenvalue weighted by molar-refractivity contribution is 7.44. The molecule has 0 bridgehead atoms. The van der Waals surface area contributed by atoms with Gasteiger partial charge in [-0.15, -0.1) is 0 Å². The zero-order valence-corrected chi connectivity index (χ0v) is 15.6. The lowest BCUT2D eigenvalue weighted by atomic mass is 10.2. The molecule has 1 aliphatic rings. The second-order valence-corrected chi connectivity index (χ2v) is 7.60. The summed E-state index contributed by atoms with van der Waals surface area (Å²) in [5.41, 5.74) is 1.10. The first-order valence-corrected chi connectivity index (χ1v) is 9.47. The summed E-state index contributed by atoms with van der Waals surface area (Å²) in [5, 5.41) is 11.3. The molecule has 1 unspecified atom stereocenters. The molecular weight excluding hydrogens is 371 g/mol. The minimum atomic E-state index is -1.11. The first-order chi connectivity index (χ1) is 13.1. The van der Waals surface area contributed by atoms with E-state index in [4.69, 9.17) is 13.8 Å². The molecule has 142 valence electrons. The Kier molecular flexibility index (Phi) is 6.47. The van der Waals surface area contributed by atoms with Gasteiger partial charge in [0.2, 0.25) is 5.75 Å². The number of ether oxygens (including phenoxy) is 1. The molecule has 1 heterocycles. The van der Waals surface area contributed by atoms with E-state index < -0.39 is 13.4 Å². The SMILES string of the molecule is CN1CCCOP1OCc1ccc([N+](=O)[O-])c(Oc2ccc(C=O)cc2)c1. The Morgan fingerprint density at radius 3 is 2.74 bits per heavy atom. The largest absolute Gasteiger partial charge is 0.450 e. The minimum absolute atomic E-state index is 0.116. The van der Waals surface area contributed by atoms with E-state index in [1.165, 1.54) is 6.07 Å². The quantitative estimate of drug-likeness (QED) is 0.301. The molecule has 0 saturated carbocycles. The third-order valence-corrected chi connectivity index (χ3v) is 5.42. The summed E-state index contributed by atoms with van der Waals surface area (Å²) >= 11 is 0. The number of carbonyl (C=O) groups excluding carboxylic acids is 1. The van der Waals surface area contributed by atoms with Crippen molar-refractivity contribution in [3.63, 3.8) is 0 Å². The minimum Gasteiger partial charge on any atom is -0.450 e. The van der Waals surface area contributed by atoms with Crippen LogP contribution in [0.3, 0.4) is 0 Å². The van der Waals surface area contributed by atoms with Crippen LogP contribution >= 0.6 is 8.53 Å². The van der Waals surface area contributed by atoms with Crippen molar-refractivity contribution >= 4 is 20.5 Å². The second kappa shape index (κ2) is 9.01. The van der Waals surface area contributed by atoms with Gasteiger partial charge in [0.05, 0.1) is 18.1 Å². The van der Waals surface area contributed by atoms with Gasteiger partial charge in [-0.25, -0.2) is 4.67 Å². The van der Waals surface area contributed by atoms with Gasteiger partial charge in [0.1, 0.15) is 12.0 Å². The predicted molar refractivity (Wildman–Crippen MR) is 99.9 cm³/mol. The fourth-order valence-corrected chi connectivity index (χ4v) is 3.82. The number of rotatable bonds is 7. The summed E-state index contributed by atoms with van der Waals surface area (Å²) in [6, 6.07) is 11.0. The van der Waals surface area contributed by atoms with Crippen LogP contribution in [0.2, 0.25) is 0 Å². The lowest BCUT2D eigenvalue weighted by Crippen LogP contribution is -2.22. The number of nitro groups is 1. The topological polar surface area (TPSA) is 91.1 Å². The van der Waals surface area contributed by atoms with Crippen LogP contribution in [-0.2, 0) is 15.7 Å². The Labute approximate surface area is 157 Å². The number of hydrogen-bond acceptors (Lipinski definition) is 7. The summed E-state index contributed by atoms with van der Waals surface area (Å²) < 4.78 is 19.1. The highest BCUT2D eigenvalue weighted by Gasteiger charge is 2.22. The number of nitrogens with zero attached hydrogens (tertiary/aromatic N) is 2. The van der Waals surface area contributed by atoms with Crippen LogP contribution in [0.1, 0.15) is 22.3 Å². The van der Waals surface area contributed by atoms with Gasteiger partial charge in [0.15, 0.2) is 0 Å². The molecule has 0 aromatic heterocycles. The fourth-order valence-electron chi connectivity index (χ4n) is 2.50. The zero-order valence-electron chi connectivity index (χ0n) is 14.7. The normalized spacial score (nSPS) is 17.4. The molecule has 0 N–H and O–H groups in total. The van der Waals surface area contributed by atoms with Crippen LogP contribution in [0.25, 0.3) is 0 Å². The summed E-state index contributed by atoms with van der Waals surface area (Å²) in [5.74, 6) is 0.520. The number of carbonyl (C=O) groups is 1. The Morgan fingerprint density at radius 1 is 1.30 bits per heavy atom. The third kappa shape index (κ3) is 5.08. The van der Waals surface area contributed by atoms with Crippen LogP contribution in [0.5, 0.6) is 11.5 Å². The van der Waals surface area contributed by atoms with E-state index in [0.29, 0.717) is 17.9 Å². The maximum absolute atomic E-state index is 11.3. The molecule has 8 nitrogen and oxygen atoms in total. The molecule has 2 aromatic carbocycles. The number of benzene rings is 2. The van der Waals surface area contributed by atoms with Gasteiger partial charge in [0.25, 0.3) is 8.53 Å². The van der Waals surface area contributed by atoms with E-state index in [1.54, 1.807) is 36.4 Å². The highest BCUT2D eigenvalue weighted by Crippen LogP contribution is 2.45. The van der Waals surface area contributed by atoms with Crippen LogP contribution in [0, 0.1) is 10.1 Å². The predicted octanol–water partition coefficient (Wildman–Crippen LogP) is 4.30. The molecule has 27 heavy (non-hydrogen) atoms. The van der Waals surface area contributed by atoms with Gasteiger partial charge in [-0.3, -0.25) is 14.9 Å². The molecule has 1 aliphatic heterocycles. The van der Waals surface area contributed by atoms with Crippen LogP contribution < -0.4 is 4.74 Å². The van der Waals surface area contributed by atoms with Crippen LogP contribution in [0.15, 0.2) is 42.5 Å². The number of nitro benzene ring substituents is 1. The molecule has 3 rings (SSSR count). The van der Waals surface area contributed by atoms with Crippen LogP contribution in [-0.4, -0.2) is 36.1 Å². The second-order valence-electron chi connectivity index (χ2n) is 5.93. The van der Waals surface area contributed by atoms with Crippen molar-refractivity contribution in [2.45, 2.75) is 13.0 Å². The molecule has 2 aromatic rings. The Morgan fingerprint density at radius 2 is 2.07 bits per heavy atom. The number of aldehydes is 1. The first-order valence-electron chi connectivity index (χ1n) is 8.34. The molecule has 1 saturated heterocycles. The summed E-state index contributed by atoms with van der Waals surface area (Å²) in [4.78, 5) is 21.5. The molecule has 0 aliphatic carbocycles. The smallest absolute Gasteiger partial charge is 0.311 e. The molecule has 1 fully saturated rings. The van der Waals surface area contributed by atoms with Crippen molar-refractivity contribution in [1.29, 1.82) is 0 Å². The van der Waals surface area contributed by atoms with Crippen molar-refractivity contribution in [3.05, 3.63) is 63.7 Å². The molecular formula is C18H19N2O6P. The average Bonchev–Trinajstić information content (AvgIpc) is 2.68. The van der Waals surface area contributed by atoms with E-state index in [-0.39, 0.29) is 18.0 Å². The summed E-state index contributed by atoms with van der Waals surface area (Å²) in [6.07, 6.45) is 1.69. The average molecular weight is 390 g/mol.